The summed E-state index contributed by atoms with van der Waals surface area (Å²) in [6.07, 6.45) is 0.895. The summed E-state index contributed by atoms with van der Waals surface area (Å²) in [5, 5.41) is 18.2. The van der Waals surface area contributed by atoms with Crippen LogP contribution in [0.1, 0.15) is 27.2 Å². The van der Waals surface area contributed by atoms with Crippen LogP contribution in [0.25, 0.3) is 0 Å². The van der Waals surface area contributed by atoms with E-state index < -0.39 is 15.4 Å². The lowest BCUT2D eigenvalue weighted by molar-refractivity contribution is 0.269. The monoisotopic (exact) mass is 230 g/mol. The molecule has 0 aliphatic heterocycles. The summed E-state index contributed by atoms with van der Waals surface area (Å²) in [5.74, 6) is 0.411. The molecule has 0 spiro atoms. The molecule has 0 heterocycles. The van der Waals surface area contributed by atoms with Crippen LogP contribution in [-0.2, 0) is 4.43 Å². The SMILES string of the molecule is CC(C)(C)[Si](C)(C)OC[C@@H]1C[C@H]1B(O)O. The lowest BCUT2D eigenvalue weighted by atomic mass is 9.82. The Morgan fingerprint density at radius 1 is 1.33 bits per heavy atom. The molecule has 1 rings (SSSR count). The van der Waals surface area contributed by atoms with Gasteiger partial charge in [-0.3, -0.25) is 0 Å². The van der Waals surface area contributed by atoms with Crippen molar-refractivity contribution in [3.63, 3.8) is 0 Å². The second-order valence-electron chi connectivity index (χ2n) is 6.14. The normalized spacial score (nSPS) is 26.6. The van der Waals surface area contributed by atoms with Gasteiger partial charge in [0.2, 0.25) is 0 Å². The van der Waals surface area contributed by atoms with E-state index in [1.54, 1.807) is 0 Å². The quantitative estimate of drug-likeness (QED) is 0.725. The summed E-state index contributed by atoms with van der Waals surface area (Å²) in [7, 11) is -2.81. The minimum absolute atomic E-state index is 0.0507. The average molecular weight is 230 g/mol. The molecule has 2 N–H and O–H groups in total. The standard InChI is InChI=1S/C10H23BO3Si/c1-10(2,3)15(4,5)14-7-8-6-9(8)11(12)13/h8-9,12-13H,6-7H2,1-5H3/t8-,9+/m0/s1. The minimum Gasteiger partial charge on any atom is -0.427 e. The molecule has 0 bridgehead atoms. The van der Waals surface area contributed by atoms with Crippen molar-refractivity contribution in [1.29, 1.82) is 0 Å². The van der Waals surface area contributed by atoms with Gasteiger partial charge in [0.15, 0.2) is 8.32 Å². The summed E-state index contributed by atoms with van der Waals surface area (Å²) in [6, 6.07) is 0. The third kappa shape index (κ3) is 3.31. The highest BCUT2D eigenvalue weighted by molar-refractivity contribution is 6.74. The first-order valence-electron chi connectivity index (χ1n) is 5.65. The molecule has 0 saturated heterocycles. The fourth-order valence-electron chi connectivity index (χ4n) is 1.36. The fourth-order valence-corrected chi connectivity index (χ4v) is 2.42. The highest BCUT2D eigenvalue weighted by Gasteiger charge is 2.47. The van der Waals surface area contributed by atoms with E-state index in [1.165, 1.54) is 0 Å². The molecule has 1 aliphatic carbocycles. The van der Waals surface area contributed by atoms with Crippen molar-refractivity contribution in [1.82, 2.24) is 0 Å². The Bertz CT molecular complexity index is 225. The second kappa shape index (κ2) is 4.20. The van der Waals surface area contributed by atoms with Crippen molar-refractivity contribution in [2.24, 2.45) is 5.92 Å². The van der Waals surface area contributed by atoms with Crippen LogP contribution in [-0.4, -0.2) is 32.1 Å². The van der Waals surface area contributed by atoms with Gasteiger partial charge < -0.3 is 14.5 Å². The molecule has 1 aliphatic rings. The molecule has 0 radical (unpaired) electrons. The van der Waals surface area contributed by atoms with Gasteiger partial charge in [-0.2, -0.15) is 0 Å². The van der Waals surface area contributed by atoms with Gasteiger partial charge >= 0.3 is 7.12 Å². The van der Waals surface area contributed by atoms with Crippen LogP contribution in [0.2, 0.25) is 23.9 Å². The fraction of sp³-hybridized carbons (Fsp3) is 1.00. The Morgan fingerprint density at radius 2 is 1.87 bits per heavy atom. The van der Waals surface area contributed by atoms with Crippen LogP contribution in [0.15, 0.2) is 0 Å². The van der Waals surface area contributed by atoms with Gasteiger partial charge in [0.1, 0.15) is 0 Å². The van der Waals surface area contributed by atoms with Crippen LogP contribution in [0.5, 0.6) is 0 Å². The molecule has 5 heteroatoms. The van der Waals surface area contributed by atoms with E-state index in [0.29, 0.717) is 12.5 Å². The van der Waals surface area contributed by atoms with Crippen molar-refractivity contribution in [2.75, 3.05) is 6.61 Å². The lowest BCUT2D eigenvalue weighted by Gasteiger charge is -2.36. The molecule has 2 atom stereocenters. The molecular formula is C10H23BO3Si. The van der Waals surface area contributed by atoms with E-state index in [4.69, 9.17) is 14.5 Å². The molecule has 0 aromatic carbocycles. The maximum absolute atomic E-state index is 8.96. The number of hydrogen-bond acceptors (Lipinski definition) is 3. The predicted molar refractivity (Wildman–Crippen MR) is 65.2 cm³/mol. The highest BCUT2D eigenvalue weighted by atomic mass is 28.4. The van der Waals surface area contributed by atoms with E-state index >= 15 is 0 Å². The van der Waals surface area contributed by atoms with E-state index in [2.05, 4.69) is 33.9 Å². The van der Waals surface area contributed by atoms with Gasteiger partial charge in [-0.15, -0.1) is 0 Å². The summed E-state index contributed by atoms with van der Waals surface area (Å²) in [4.78, 5) is 0. The minimum atomic E-state index is -1.66. The Labute approximate surface area is 94.1 Å². The van der Waals surface area contributed by atoms with Crippen molar-refractivity contribution in [3.8, 4) is 0 Å². The molecule has 0 amide bonds. The zero-order valence-electron chi connectivity index (χ0n) is 10.4. The largest absolute Gasteiger partial charge is 0.455 e. The Morgan fingerprint density at radius 3 is 2.20 bits per heavy atom. The molecule has 88 valence electrons. The summed E-state index contributed by atoms with van der Waals surface area (Å²) in [5.41, 5.74) is 0. The zero-order chi connectivity index (χ0) is 11.9. The molecular weight excluding hydrogens is 207 g/mol. The maximum atomic E-state index is 8.96. The molecule has 0 aromatic rings. The van der Waals surface area contributed by atoms with Crippen LogP contribution < -0.4 is 0 Å². The Hall–Kier alpha value is 0.162. The van der Waals surface area contributed by atoms with Gasteiger partial charge in [0.05, 0.1) is 0 Å². The van der Waals surface area contributed by atoms with Crippen LogP contribution in [0, 0.1) is 5.92 Å². The third-order valence-corrected chi connectivity index (χ3v) is 8.33. The highest BCUT2D eigenvalue weighted by Crippen LogP contribution is 2.47. The van der Waals surface area contributed by atoms with Gasteiger partial charge in [0, 0.05) is 6.61 Å². The average Bonchev–Trinajstić information content (AvgIpc) is 2.77. The first kappa shape index (κ1) is 13.2. The van der Waals surface area contributed by atoms with E-state index in [-0.39, 0.29) is 10.9 Å². The molecule has 15 heavy (non-hydrogen) atoms. The number of rotatable bonds is 4. The van der Waals surface area contributed by atoms with Crippen LogP contribution in [0.4, 0.5) is 0 Å². The van der Waals surface area contributed by atoms with Gasteiger partial charge in [-0.05, 0) is 36.3 Å². The lowest BCUT2D eigenvalue weighted by Crippen LogP contribution is -2.41. The van der Waals surface area contributed by atoms with E-state index in [9.17, 15) is 0 Å². The van der Waals surface area contributed by atoms with Crippen molar-refractivity contribution >= 4 is 15.4 Å². The van der Waals surface area contributed by atoms with Crippen molar-refractivity contribution in [2.45, 2.75) is 51.1 Å². The Kier molecular flexibility index (Phi) is 3.71. The van der Waals surface area contributed by atoms with Crippen LogP contribution >= 0.6 is 0 Å². The molecule has 1 fully saturated rings. The predicted octanol–water partition coefficient (Wildman–Crippen LogP) is 1.87. The van der Waals surface area contributed by atoms with Crippen molar-refractivity contribution < 1.29 is 14.5 Å². The molecule has 3 nitrogen and oxygen atoms in total. The summed E-state index contributed by atoms with van der Waals surface area (Å²) in [6.45, 7) is 11.8. The Balaban J connectivity index is 2.33. The van der Waals surface area contributed by atoms with Crippen molar-refractivity contribution in [3.05, 3.63) is 0 Å². The first-order valence-corrected chi connectivity index (χ1v) is 8.56. The summed E-state index contributed by atoms with van der Waals surface area (Å²) < 4.78 is 6.01. The van der Waals surface area contributed by atoms with Gasteiger partial charge in [-0.1, -0.05) is 20.8 Å². The molecule has 0 unspecified atom stereocenters. The zero-order valence-corrected chi connectivity index (χ0v) is 11.4. The molecule has 1 saturated carbocycles. The van der Waals surface area contributed by atoms with E-state index in [1.807, 2.05) is 0 Å². The van der Waals surface area contributed by atoms with Gasteiger partial charge in [0.25, 0.3) is 0 Å². The summed E-state index contributed by atoms with van der Waals surface area (Å²) >= 11 is 0. The second-order valence-corrected chi connectivity index (χ2v) is 11.0. The molecule has 0 aromatic heterocycles. The van der Waals surface area contributed by atoms with Crippen LogP contribution in [0.3, 0.4) is 0 Å². The topological polar surface area (TPSA) is 49.7 Å². The van der Waals surface area contributed by atoms with E-state index in [0.717, 1.165) is 6.42 Å². The smallest absolute Gasteiger partial charge is 0.427 e. The maximum Gasteiger partial charge on any atom is 0.455 e. The first-order chi connectivity index (χ1) is 6.65. The number of hydrogen-bond donors (Lipinski definition) is 2. The van der Waals surface area contributed by atoms with Gasteiger partial charge in [-0.25, -0.2) is 0 Å². The third-order valence-electron chi connectivity index (χ3n) is 3.82.